The lowest BCUT2D eigenvalue weighted by Crippen LogP contribution is -2.14. The fraction of sp³-hybridized carbons (Fsp3) is 0.667. The molecule has 0 unspecified atom stereocenters. The van der Waals surface area contributed by atoms with Crippen molar-refractivity contribution >= 4 is 49.1 Å². The maximum atomic E-state index is 10.8. The highest BCUT2D eigenvalue weighted by Gasteiger charge is 2.10. The van der Waals surface area contributed by atoms with E-state index in [2.05, 4.69) is 25.3 Å². The van der Waals surface area contributed by atoms with Crippen molar-refractivity contribution in [1.29, 1.82) is 0 Å². The molecule has 0 aromatic heterocycles. The van der Waals surface area contributed by atoms with Crippen molar-refractivity contribution in [1.82, 2.24) is 0 Å². The van der Waals surface area contributed by atoms with E-state index in [9.17, 15) is 19.2 Å². The van der Waals surface area contributed by atoms with Gasteiger partial charge in [0, 0.05) is 0 Å². The average molecular weight is 356 g/mol. The van der Waals surface area contributed by atoms with Crippen LogP contribution in [0.15, 0.2) is 0 Å². The first-order valence-electron chi connectivity index (χ1n) is 6.30. The van der Waals surface area contributed by atoms with E-state index >= 15 is 0 Å². The van der Waals surface area contributed by atoms with E-state index in [0.29, 0.717) is 13.2 Å². The van der Waals surface area contributed by atoms with Crippen molar-refractivity contribution in [2.45, 2.75) is 25.7 Å². The smallest absolute Gasteiger partial charge is 0.313 e. The van der Waals surface area contributed by atoms with Crippen LogP contribution in [0.2, 0.25) is 0 Å². The van der Waals surface area contributed by atoms with Gasteiger partial charge in [-0.25, -0.2) is 0 Å². The Morgan fingerprint density at radius 2 is 1.14 bits per heavy atom. The first-order valence-corrected chi connectivity index (χ1v) is 7.56. The molecule has 0 saturated carbocycles. The van der Waals surface area contributed by atoms with Crippen LogP contribution in [0.1, 0.15) is 25.7 Å². The van der Waals surface area contributed by atoms with Gasteiger partial charge in [0.2, 0.25) is 0 Å². The number of carboxylic acid groups (broad SMARTS) is 2. The van der Waals surface area contributed by atoms with Gasteiger partial charge in [0.15, 0.2) is 0 Å². The summed E-state index contributed by atoms with van der Waals surface area (Å²) in [6.07, 6.45) is 1.80. The molecule has 1 aliphatic heterocycles. The summed E-state index contributed by atoms with van der Waals surface area (Å²) in [4.78, 5) is 40.2. The zero-order chi connectivity index (χ0) is 17.4. The summed E-state index contributed by atoms with van der Waals surface area (Å²) in [5.41, 5.74) is 0. The number of hydrogen-bond donors (Lipinski definition) is 4. The van der Waals surface area contributed by atoms with Crippen LogP contribution < -0.4 is 0 Å². The van der Waals surface area contributed by atoms with Gasteiger partial charge in [0.25, 0.3) is 0 Å². The number of thiol groups is 2. The van der Waals surface area contributed by atoms with Crippen molar-refractivity contribution in [3.05, 3.63) is 0 Å². The Kier molecular flexibility index (Phi) is 16.6. The number of ether oxygens (including phenoxy) is 2. The van der Waals surface area contributed by atoms with E-state index in [0.717, 1.165) is 12.8 Å². The number of carbonyl (C=O) groups is 4. The van der Waals surface area contributed by atoms with Crippen molar-refractivity contribution in [3.8, 4) is 0 Å². The molecule has 22 heavy (non-hydrogen) atoms. The average Bonchev–Trinajstić information content (AvgIpc) is 2.49. The van der Waals surface area contributed by atoms with E-state index in [4.69, 9.17) is 19.7 Å². The minimum Gasteiger partial charge on any atom is -0.481 e. The number of cyclic esters (lactones) is 2. The van der Waals surface area contributed by atoms with E-state index < -0.39 is 11.9 Å². The summed E-state index contributed by atoms with van der Waals surface area (Å²) in [6.45, 7) is 0.882. The summed E-state index contributed by atoms with van der Waals surface area (Å²) in [7, 11) is 0. The van der Waals surface area contributed by atoms with Gasteiger partial charge in [0.05, 0.1) is 37.6 Å². The van der Waals surface area contributed by atoms with Crippen LogP contribution in [-0.4, -0.2) is 58.8 Å². The highest BCUT2D eigenvalue weighted by Crippen LogP contribution is 2.01. The number of esters is 2. The molecular formula is C12H20O8S2. The van der Waals surface area contributed by atoms with Gasteiger partial charge in [-0.1, -0.05) is 0 Å². The first-order chi connectivity index (χ1) is 10.3. The Hall–Kier alpha value is -1.42. The Labute approximate surface area is 139 Å². The largest absolute Gasteiger partial charge is 0.481 e. The second kappa shape index (κ2) is 16.0. The molecular weight excluding hydrogens is 336 g/mol. The fourth-order valence-corrected chi connectivity index (χ4v) is 0.925. The topological polar surface area (TPSA) is 127 Å². The Morgan fingerprint density at radius 3 is 1.36 bits per heavy atom. The van der Waals surface area contributed by atoms with Crippen LogP contribution in [-0.2, 0) is 28.7 Å². The van der Waals surface area contributed by atoms with Crippen LogP contribution in [0.5, 0.6) is 0 Å². The predicted molar refractivity (Wildman–Crippen MR) is 83.4 cm³/mol. The minimum absolute atomic E-state index is 0.0833. The second-order valence-electron chi connectivity index (χ2n) is 3.75. The molecule has 10 heteroatoms. The third-order valence-corrected chi connectivity index (χ3v) is 2.41. The first kappa shape index (κ1) is 22.9. The molecule has 2 N–H and O–H groups in total. The molecule has 1 heterocycles. The van der Waals surface area contributed by atoms with Crippen LogP contribution in [0, 0.1) is 0 Å². The minimum atomic E-state index is -0.881. The van der Waals surface area contributed by atoms with Crippen molar-refractivity contribution in [2.75, 3.05) is 24.7 Å². The van der Waals surface area contributed by atoms with Crippen molar-refractivity contribution in [3.63, 3.8) is 0 Å². The van der Waals surface area contributed by atoms with Crippen LogP contribution in [0.3, 0.4) is 0 Å². The van der Waals surface area contributed by atoms with Gasteiger partial charge >= 0.3 is 23.9 Å². The van der Waals surface area contributed by atoms with Crippen LogP contribution in [0.4, 0.5) is 0 Å². The maximum absolute atomic E-state index is 10.8. The quantitative estimate of drug-likeness (QED) is 0.419. The molecule has 0 spiro atoms. The Balaban J connectivity index is 0. The molecule has 0 atom stereocenters. The number of carbonyl (C=O) groups excluding carboxylic acids is 2. The molecule has 0 amide bonds. The molecule has 1 fully saturated rings. The van der Waals surface area contributed by atoms with E-state index in [-0.39, 0.29) is 36.3 Å². The summed E-state index contributed by atoms with van der Waals surface area (Å²) >= 11 is 6.83. The summed E-state index contributed by atoms with van der Waals surface area (Å²) in [5.74, 6) is -2.55. The Morgan fingerprint density at radius 1 is 0.864 bits per heavy atom. The SMILES string of the molecule is O=C(O)CS.O=C(O)CS.O=C1CCC(=O)OCCCCO1. The van der Waals surface area contributed by atoms with Crippen LogP contribution >= 0.6 is 25.3 Å². The third-order valence-electron chi connectivity index (χ3n) is 1.87. The molecule has 1 saturated heterocycles. The normalized spacial score (nSPS) is 14.8. The van der Waals surface area contributed by atoms with E-state index in [1.807, 2.05) is 0 Å². The van der Waals surface area contributed by atoms with Gasteiger partial charge < -0.3 is 19.7 Å². The second-order valence-corrected chi connectivity index (χ2v) is 4.38. The van der Waals surface area contributed by atoms with Gasteiger partial charge in [-0.3, -0.25) is 19.2 Å². The van der Waals surface area contributed by atoms with Crippen molar-refractivity contribution < 1.29 is 38.9 Å². The monoisotopic (exact) mass is 356 g/mol. The highest BCUT2D eigenvalue weighted by molar-refractivity contribution is 7.81. The van der Waals surface area contributed by atoms with Gasteiger partial charge in [-0.2, -0.15) is 25.3 Å². The van der Waals surface area contributed by atoms with Gasteiger partial charge in [-0.05, 0) is 12.8 Å². The molecule has 0 aromatic rings. The molecule has 1 rings (SSSR count). The maximum Gasteiger partial charge on any atom is 0.313 e. The van der Waals surface area contributed by atoms with E-state index in [1.165, 1.54) is 0 Å². The fourth-order valence-electron chi connectivity index (χ4n) is 0.925. The number of carboxylic acids is 2. The molecule has 0 radical (unpaired) electrons. The standard InChI is InChI=1S/C8H12O4.2C2H4O2S/c9-7-3-4-8(10)12-6-2-1-5-11-7;2*3-2(4)1-5/h1-6H2;2*5H,1H2,(H,3,4). The van der Waals surface area contributed by atoms with Crippen LogP contribution in [0.25, 0.3) is 0 Å². The summed E-state index contributed by atoms with van der Waals surface area (Å²) < 4.78 is 9.64. The van der Waals surface area contributed by atoms with Crippen molar-refractivity contribution in [2.24, 2.45) is 0 Å². The molecule has 128 valence electrons. The van der Waals surface area contributed by atoms with Gasteiger partial charge in [-0.15, -0.1) is 0 Å². The zero-order valence-electron chi connectivity index (χ0n) is 11.9. The lowest BCUT2D eigenvalue weighted by molar-refractivity contribution is -0.152. The third kappa shape index (κ3) is 20.9. The summed E-state index contributed by atoms with van der Waals surface area (Å²) in [5, 5.41) is 15.3. The highest BCUT2D eigenvalue weighted by atomic mass is 32.1. The number of aliphatic carboxylic acids is 2. The van der Waals surface area contributed by atoms with Gasteiger partial charge in [0.1, 0.15) is 0 Å². The summed E-state index contributed by atoms with van der Waals surface area (Å²) in [6, 6.07) is 0. The Bertz CT molecular complexity index is 325. The predicted octanol–water partition coefficient (Wildman–Crippen LogP) is 0.648. The number of rotatable bonds is 2. The molecule has 1 aliphatic rings. The zero-order valence-corrected chi connectivity index (χ0v) is 13.7. The molecule has 8 nitrogen and oxygen atoms in total. The molecule has 0 aliphatic carbocycles. The van der Waals surface area contributed by atoms with E-state index in [1.54, 1.807) is 0 Å². The lowest BCUT2D eigenvalue weighted by Gasteiger charge is -2.08. The number of hydrogen-bond acceptors (Lipinski definition) is 8. The molecule has 0 bridgehead atoms. The molecule has 0 aromatic carbocycles. The lowest BCUT2D eigenvalue weighted by atomic mass is 10.3.